The van der Waals surface area contributed by atoms with Gasteiger partial charge in [0, 0.05) is 19.0 Å². The molecule has 1 rings (SSSR count). The lowest BCUT2D eigenvalue weighted by atomic mass is 10.0. The summed E-state index contributed by atoms with van der Waals surface area (Å²) in [7, 11) is -3.22. The van der Waals surface area contributed by atoms with Crippen molar-refractivity contribution in [1.82, 2.24) is 9.78 Å². The number of rotatable bonds is 4. The Bertz CT molecular complexity index is 462. The normalized spacial score (nSPS) is 15.1. The van der Waals surface area contributed by atoms with E-state index in [1.165, 1.54) is 6.26 Å². The third-order valence-electron chi connectivity index (χ3n) is 3.07. The number of nitrogens with two attached hydrogens (primary N) is 1. The summed E-state index contributed by atoms with van der Waals surface area (Å²) in [5, 5.41) is 4.09. The van der Waals surface area contributed by atoms with Gasteiger partial charge in [-0.15, -0.1) is 0 Å². The van der Waals surface area contributed by atoms with Gasteiger partial charge in [0.2, 0.25) is 0 Å². The number of hydrogen-bond donors (Lipinski definition) is 1. The lowest BCUT2D eigenvalue weighted by Crippen LogP contribution is -2.43. The Morgan fingerprint density at radius 1 is 1.56 bits per heavy atom. The number of aromatic nitrogens is 2. The van der Waals surface area contributed by atoms with Crippen molar-refractivity contribution in [2.24, 2.45) is 5.73 Å². The number of sulfone groups is 1. The maximum atomic E-state index is 11.7. The van der Waals surface area contributed by atoms with Gasteiger partial charge in [-0.05, 0) is 26.8 Å². The molecule has 0 radical (unpaired) electrons. The van der Waals surface area contributed by atoms with Gasteiger partial charge in [-0.25, -0.2) is 8.42 Å². The lowest BCUT2D eigenvalue weighted by Gasteiger charge is -2.29. The van der Waals surface area contributed by atoms with E-state index >= 15 is 0 Å². The van der Waals surface area contributed by atoms with Crippen LogP contribution in [0.4, 0.5) is 0 Å². The summed E-state index contributed by atoms with van der Waals surface area (Å²) >= 11 is 0. The summed E-state index contributed by atoms with van der Waals surface area (Å²) in [6.45, 7) is 5.90. The van der Waals surface area contributed by atoms with Crippen LogP contribution in [-0.2, 0) is 16.4 Å². The van der Waals surface area contributed by atoms with Crippen LogP contribution in [-0.4, -0.2) is 29.2 Å². The summed E-state index contributed by atoms with van der Waals surface area (Å²) in [5.41, 5.74) is 6.79. The summed E-state index contributed by atoms with van der Waals surface area (Å²) in [5.74, 6) is 0. The molecular weight excluding hydrogens is 226 g/mol. The molecule has 0 saturated carbocycles. The number of nitrogens with zero attached hydrogens (tertiary/aromatic N) is 2. The maximum Gasteiger partial charge on any atom is 0.154 e. The van der Waals surface area contributed by atoms with Crippen molar-refractivity contribution < 1.29 is 8.42 Å². The van der Waals surface area contributed by atoms with Crippen molar-refractivity contribution in [1.29, 1.82) is 0 Å². The summed E-state index contributed by atoms with van der Waals surface area (Å²) in [6, 6.07) is 1.19. The average molecular weight is 245 g/mol. The zero-order valence-corrected chi connectivity index (χ0v) is 11.0. The molecule has 1 atom stereocenters. The fourth-order valence-corrected chi connectivity index (χ4v) is 2.04. The molecular formula is C10H19N3O2S. The first kappa shape index (κ1) is 13.2. The molecule has 0 saturated heterocycles. The largest absolute Gasteiger partial charge is 0.321 e. The predicted molar refractivity (Wildman–Crippen MR) is 63.8 cm³/mol. The lowest BCUT2D eigenvalue weighted by molar-refractivity contribution is 0.465. The Morgan fingerprint density at radius 3 is 2.56 bits per heavy atom. The second-order valence-electron chi connectivity index (χ2n) is 4.43. The van der Waals surface area contributed by atoms with E-state index in [1.807, 2.05) is 6.92 Å². The Morgan fingerprint density at radius 2 is 2.12 bits per heavy atom. The van der Waals surface area contributed by atoms with E-state index in [0.29, 0.717) is 6.54 Å². The Labute approximate surface area is 96.6 Å². The van der Waals surface area contributed by atoms with Crippen molar-refractivity contribution >= 4 is 9.84 Å². The molecule has 16 heavy (non-hydrogen) atoms. The van der Waals surface area contributed by atoms with E-state index in [9.17, 15) is 8.42 Å². The van der Waals surface area contributed by atoms with Crippen molar-refractivity contribution in [3.63, 3.8) is 0 Å². The molecule has 0 aliphatic heterocycles. The van der Waals surface area contributed by atoms with Crippen LogP contribution in [0, 0.1) is 0 Å². The predicted octanol–water partition coefficient (Wildman–Crippen LogP) is 0.726. The molecule has 5 nitrogen and oxygen atoms in total. The third-order valence-corrected chi connectivity index (χ3v) is 5.24. The van der Waals surface area contributed by atoms with Crippen LogP contribution in [0.25, 0.3) is 0 Å². The molecule has 1 unspecified atom stereocenters. The number of aryl methyl sites for hydroxylation is 1. The Hall–Kier alpha value is -0.880. The molecule has 0 amide bonds. The first-order valence-electron chi connectivity index (χ1n) is 5.18. The van der Waals surface area contributed by atoms with E-state index < -0.39 is 20.6 Å². The monoisotopic (exact) mass is 245 g/mol. The third kappa shape index (κ3) is 2.12. The van der Waals surface area contributed by atoms with Gasteiger partial charge in [-0.3, -0.25) is 4.68 Å². The highest BCUT2D eigenvalue weighted by Crippen LogP contribution is 2.29. The van der Waals surface area contributed by atoms with Crippen LogP contribution in [0.1, 0.15) is 32.5 Å². The van der Waals surface area contributed by atoms with E-state index in [0.717, 1.165) is 5.69 Å². The Balaban J connectivity index is 3.17. The van der Waals surface area contributed by atoms with Crippen LogP contribution in [0.3, 0.4) is 0 Å². The van der Waals surface area contributed by atoms with Crippen molar-refractivity contribution in [3.05, 3.63) is 18.0 Å². The van der Waals surface area contributed by atoms with Crippen LogP contribution in [0.15, 0.2) is 12.3 Å². The summed E-state index contributed by atoms with van der Waals surface area (Å²) < 4.78 is 24.1. The fourth-order valence-electron chi connectivity index (χ4n) is 1.46. The van der Waals surface area contributed by atoms with Crippen LogP contribution >= 0.6 is 0 Å². The van der Waals surface area contributed by atoms with Gasteiger partial charge in [-0.2, -0.15) is 5.10 Å². The highest BCUT2D eigenvalue weighted by atomic mass is 32.2. The van der Waals surface area contributed by atoms with E-state index in [4.69, 9.17) is 5.73 Å². The summed E-state index contributed by atoms with van der Waals surface area (Å²) in [6.07, 6.45) is 2.84. The maximum absolute atomic E-state index is 11.7. The van der Waals surface area contributed by atoms with Crippen LogP contribution in [0.5, 0.6) is 0 Å². The van der Waals surface area contributed by atoms with Gasteiger partial charge < -0.3 is 5.73 Å². The molecule has 0 spiro atoms. The molecule has 1 aromatic heterocycles. The molecule has 1 heterocycles. The SMILES string of the molecule is CCn1nccc1C(N)C(C)(C)S(C)(=O)=O. The molecule has 92 valence electrons. The van der Waals surface area contributed by atoms with Crippen LogP contribution in [0.2, 0.25) is 0 Å². The molecule has 1 aromatic rings. The second kappa shape index (κ2) is 4.18. The quantitative estimate of drug-likeness (QED) is 0.848. The van der Waals surface area contributed by atoms with Gasteiger partial charge in [-0.1, -0.05) is 0 Å². The molecule has 6 heteroatoms. The van der Waals surface area contributed by atoms with Crippen LogP contribution < -0.4 is 5.73 Å². The van der Waals surface area contributed by atoms with E-state index in [-0.39, 0.29) is 0 Å². The fraction of sp³-hybridized carbons (Fsp3) is 0.700. The highest BCUT2D eigenvalue weighted by molar-refractivity contribution is 7.92. The molecule has 0 fully saturated rings. The van der Waals surface area contributed by atoms with Gasteiger partial charge in [0.15, 0.2) is 9.84 Å². The standard InChI is InChI=1S/C10H19N3O2S/c1-5-13-8(6-7-12-13)9(11)10(2,3)16(4,14)15/h6-7,9H,5,11H2,1-4H3. The minimum atomic E-state index is -3.22. The zero-order valence-electron chi connectivity index (χ0n) is 10.1. The van der Waals surface area contributed by atoms with Gasteiger partial charge >= 0.3 is 0 Å². The zero-order chi connectivity index (χ0) is 12.6. The van der Waals surface area contributed by atoms with E-state index in [2.05, 4.69) is 5.10 Å². The van der Waals surface area contributed by atoms with Gasteiger partial charge in [0.25, 0.3) is 0 Å². The molecule has 0 aromatic carbocycles. The second-order valence-corrected chi connectivity index (χ2v) is 7.02. The Kier molecular flexibility index (Phi) is 3.44. The van der Waals surface area contributed by atoms with Crippen molar-refractivity contribution in [3.8, 4) is 0 Å². The summed E-state index contributed by atoms with van der Waals surface area (Å²) in [4.78, 5) is 0. The average Bonchev–Trinajstić information content (AvgIpc) is 2.62. The highest BCUT2D eigenvalue weighted by Gasteiger charge is 2.39. The first-order valence-corrected chi connectivity index (χ1v) is 7.07. The minimum absolute atomic E-state index is 0.579. The van der Waals surface area contributed by atoms with Crippen molar-refractivity contribution in [2.75, 3.05) is 6.26 Å². The first-order chi connectivity index (χ1) is 7.21. The van der Waals surface area contributed by atoms with Gasteiger partial charge in [0.1, 0.15) is 0 Å². The smallest absolute Gasteiger partial charge is 0.154 e. The van der Waals surface area contributed by atoms with Crippen molar-refractivity contribution in [2.45, 2.75) is 38.1 Å². The molecule has 0 aliphatic carbocycles. The minimum Gasteiger partial charge on any atom is -0.321 e. The topological polar surface area (TPSA) is 78.0 Å². The number of hydrogen-bond acceptors (Lipinski definition) is 4. The molecule has 0 aliphatic rings. The van der Waals surface area contributed by atoms with Gasteiger partial charge in [0.05, 0.1) is 16.5 Å². The molecule has 0 bridgehead atoms. The van der Waals surface area contributed by atoms with E-state index in [1.54, 1.807) is 30.8 Å². The molecule has 2 N–H and O–H groups in total.